The lowest BCUT2D eigenvalue weighted by Crippen LogP contribution is -2.20. The van der Waals surface area contributed by atoms with Gasteiger partial charge < -0.3 is 10.2 Å². The normalized spacial score (nSPS) is 21.0. The average Bonchev–Trinajstić information content (AvgIpc) is 2.45. The minimum atomic E-state index is 0.351. The number of hydrogen-bond acceptors (Lipinski definition) is 2. The number of rotatable bonds is 2. The quantitative estimate of drug-likeness (QED) is 0.861. The van der Waals surface area contributed by atoms with Gasteiger partial charge in [-0.25, -0.2) is 0 Å². The molecule has 0 saturated heterocycles. The molecule has 0 amide bonds. The minimum absolute atomic E-state index is 0.351. The highest BCUT2D eigenvalue weighted by atomic mass is 16.3. The summed E-state index contributed by atoms with van der Waals surface area (Å²) in [7, 11) is 0. The molecule has 2 unspecified atom stereocenters. The molecule has 2 nitrogen and oxygen atoms in total. The highest BCUT2D eigenvalue weighted by molar-refractivity contribution is 5.40. The standard InChI is InChI=1S/C19H22O2/c1-12-3-6-17(20)11-16(12)9-14-4-5-15-10-18(21)7-8-19(15)13(14)2/h3,6-8,10-11,13-14,20-21H,4-5,9H2,1-2H3. The van der Waals surface area contributed by atoms with Crippen molar-refractivity contribution in [3.05, 3.63) is 58.7 Å². The molecule has 0 bridgehead atoms. The molecule has 21 heavy (non-hydrogen) atoms. The predicted molar refractivity (Wildman–Crippen MR) is 84.9 cm³/mol. The van der Waals surface area contributed by atoms with Crippen LogP contribution in [0.4, 0.5) is 0 Å². The summed E-state index contributed by atoms with van der Waals surface area (Å²) in [5.41, 5.74) is 5.14. The second-order valence-electron chi connectivity index (χ2n) is 6.29. The number of aryl methyl sites for hydroxylation is 2. The van der Waals surface area contributed by atoms with Crippen molar-refractivity contribution in [2.24, 2.45) is 5.92 Å². The molecule has 2 heteroatoms. The van der Waals surface area contributed by atoms with E-state index in [1.54, 1.807) is 12.1 Å². The summed E-state index contributed by atoms with van der Waals surface area (Å²) in [5, 5.41) is 19.3. The van der Waals surface area contributed by atoms with E-state index in [-0.39, 0.29) is 0 Å². The first-order chi connectivity index (χ1) is 10.0. The van der Waals surface area contributed by atoms with E-state index >= 15 is 0 Å². The molecular formula is C19H22O2. The Bertz CT molecular complexity index is 661. The molecule has 0 radical (unpaired) electrons. The topological polar surface area (TPSA) is 40.5 Å². The van der Waals surface area contributed by atoms with Gasteiger partial charge in [0, 0.05) is 0 Å². The molecule has 1 aliphatic rings. The zero-order chi connectivity index (χ0) is 15.0. The second kappa shape index (κ2) is 5.44. The summed E-state index contributed by atoms with van der Waals surface area (Å²) < 4.78 is 0. The fourth-order valence-corrected chi connectivity index (χ4v) is 3.54. The first-order valence-corrected chi connectivity index (χ1v) is 7.65. The van der Waals surface area contributed by atoms with E-state index in [1.807, 2.05) is 18.2 Å². The maximum absolute atomic E-state index is 9.69. The summed E-state index contributed by atoms with van der Waals surface area (Å²) in [5.74, 6) is 1.78. The van der Waals surface area contributed by atoms with Crippen LogP contribution in [0.5, 0.6) is 11.5 Å². The Kier molecular flexibility index (Phi) is 3.62. The number of phenolic OH excluding ortho intramolecular Hbond substituents is 2. The maximum Gasteiger partial charge on any atom is 0.115 e. The van der Waals surface area contributed by atoms with E-state index < -0.39 is 0 Å². The van der Waals surface area contributed by atoms with Crippen LogP contribution in [-0.4, -0.2) is 10.2 Å². The first-order valence-electron chi connectivity index (χ1n) is 7.65. The lowest BCUT2D eigenvalue weighted by atomic mass is 9.73. The molecule has 0 saturated carbocycles. The van der Waals surface area contributed by atoms with Gasteiger partial charge in [-0.2, -0.15) is 0 Å². The number of aromatic hydroxyl groups is 2. The predicted octanol–water partition coefficient (Wildman–Crippen LogP) is 4.31. The summed E-state index contributed by atoms with van der Waals surface area (Å²) in [6.07, 6.45) is 3.16. The minimum Gasteiger partial charge on any atom is -0.508 e. The molecule has 3 rings (SSSR count). The Hall–Kier alpha value is -1.96. The van der Waals surface area contributed by atoms with E-state index in [0.29, 0.717) is 23.3 Å². The van der Waals surface area contributed by atoms with Gasteiger partial charge in [-0.15, -0.1) is 0 Å². The van der Waals surface area contributed by atoms with Crippen LogP contribution in [0, 0.1) is 12.8 Å². The van der Waals surface area contributed by atoms with Crippen molar-refractivity contribution in [1.82, 2.24) is 0 Å². The molecule has 2 aromatic rings. The number of hydrogen-bond donors (Lipinski definition) is 2. The van der Waals surface area contributed by atoms with Gasteiger partial charge in [0.25, 0.3) is 0 Å². The number of fused-ring (bicyclic) bond motifs is 1. The van der Waals surface area contributed by atoms with Gasteiger partial charge in [-0.1, -0.05) is 19.1 Å². The van der Waals surface area contributed by atoms with Crippen LogP contribution in [0.3, 0.4) is 0 Å². The van der Waals surface area contributed by atoms with Crippen LogP contribution >= 0.6 is 0 Å². The molecule has 0 fully saturated rings. The third-order valence-corrected chi connectivity index (χ3v) is 4.92. The molecule has 0 aliphatic heterocycles. The third-order valence-electron chi connectivity index (χ3n) is 4.92. The monoisotopic (exact) mass is 282 g/mol. The Morgan fingerprint density at radius 1 is 1.05 bits per heavy atom. The van der Waals surface area contributed by atoms with Gasteiger partial charge >= 0.3 is 0 Å². The highest BCUT2D eigenvalue weighted by Gasteiger charge is 2.26. The zero-order valence-corrected chi connectivity index (χ0v) is 12.6. The Morgan fingerprint density at radius 3 is 2.57 bits per heavy atom. The largest absolute Gasteiger partial charge is 0.508 e. The summed E-state index contributed by atoms with van der Waals surface area (Å²) >= 11 is 0. The molecule has 2 atom stereocenters. The molecular weight excluding hydrogens is 260 g/mol. The molecule has 1 aliphatic carbocycles. The first kappa shape index (κ1) is 14.0. The summed E-state index contributed by atoms with van der Waals surface area (Å²) in [6.45, 7) is 4.38. The van der Waals surface area contributed by atoms with Crippen molar-refractivity contribution in [3.63, 3.8) is 0 Å². The smallest absolute Gasteiger partial charge is 0.115 e. The number of benzene rings is 2. The van der Waals surface area contributed by atoms with Crippen molar-refractivity contribution in [2.75, 3.05) is 0 Å². The van der Waals surface area contributed by atoms with Gasteiger partial charge in [0.2, 0.25) is 0 Å². The van der Waals surface area contributed by atoms with E-state index in [2.05, 4.69) is 19.9 Å². The lowest BCUT2D eigenvalue weighted by molar-refractivity contribution is 0.385. The van der Waals surface area contributed by atoms with Crippen LogP contribution in [0.25, 0.3) is 0 Å². The van der Waals surface area contributed by atoms with Crippen molar-refractivity contribution in [2.45, 2.75) is 39.0 Å². The van der Waals surface area contributed by atoms with Crippen LogP contribution < -0.4 is 0 Å². The number of phenols is 2. The van der Waals surface area contributed by atoms with Crippen LogP contribution in [0.2, 0.25) is 0 Å². The lowest BCUT2D eigenvalue weighted by Gasteiger charge is -2.32. The SMILES string of the molecule is Cc1ccc(O)cc1CC1CCc2cc(O)ccc2C1C. The van der Waals surface area contributed by atoms with Crippen LogP contribution in [-0.2, 0) is 12.8 Å². The maximum atomic E-state index is 9.69. The van der Waals surface area contributed by atoms with Gasteiger partial charge in [0.05, 0.1) is 0 Å². The highest BCUT2D eigenvalue weighted by Crippen LogP contribution is 2.39. The van der Waals surface area contributed by atoms with Gasteiger partial charge in [0.1, 0.15) is 11.5 Å². The average molecular weight is 282 g/mol. The molecule has 0 spiro atoms. The Labute approximate surface area is 126 Å². The van der Waals surface area contributed by atoms with E-state index in [0.717, 1.165) is 19.3 Å². The van der Waals surface area contributed by atoms with E-state index in [4.69, 9.17) is 0 Å². The molecule has 2 aromatic carbocycles. The second-order valence-corrected chi connectivity index (χ2v) is 6.29. The Balaban J connectivity index is 1.85. The fraction of sp³-hybridized carbons (Fsp3) is 0.368. The summed E-state index contributed by atoms with van der Waals surface area (Å²) in [4.78, 5) is 0. The Morgan fingerprint density at radius 2 is 1.76 bits per heavy atom. The molecule has 0 heterocycles. The molecule has 2 N–H and O–H groups in total. The summed E-state index contributed by atoms with van der Waals surface area (Å²) in [6, 6.07) is 11.4. The third kappa shape index (κ3) is 2.76. The zero-order valence-electron chi connectivity index (χ0n) is 12.6. The molecule has 0 aromatic heterocycles. The van der Waals surface area contributed by atoms with E-state index in [1.165, 1.54) is 22.3 Å². The van der Waals surface area contributed by atoms with Crippen molar-refractivity contribution < 1.29 is 10.2 Å². The van der Waals surface area contributed by atoms with Crippen molar-refractivity contribution in [1.29, 1.82) is 0 Å². The van der Waals surface area contributed by atoms with Crippen LogP contribution in [0.15, 0.2) is 36.4 Å². The fourth-order valence-electron chi connectivity index (χ4n) is 3.54. The van der Waals surface area contributed by atoms with Gasteiger partial charge in [0.15, 0.2) is 0 Å². The van der Waals surface area contributed by atoms with E-state index in [9.17, 15) is 10.2 Å². The van der Waals surface area contributed by atoms with Crippen molar-refractivity contribution in [3.8, 4) is 11.5 Å². The molecule has 110 valence electrons. The van der Waals surface area contributed by atoms with Gasteiger partial charge in [-0.3, -0.25) is 0 Å². The van der Waals surface area contributed by atoms with Crippen molar-refractivity contribution >= 4 is 0 Å². The van der Waals surface area contributed by atoms with Crippen LogP contribution in [0.1, 0.15) is 41.5 Å². The van der Waals surface area contributed by atoms with Gasteiger partial charge in [-0.05, 0) is 84.5 Å².